The molecule has 34 heavy (non-hydrogen) atoms. The molecule has 1 fully saturated rings. The molecule has 0 amide bonds. The van der Waals surface area contributed by atoms with Crippen molar-refractivity contribution in [3.8, 4) is 0 Å². The molecule has 0 radical (unpaired) electrons. The maximum Gasteiger partial charge on any atom is 0.340 e. The largest absolute Gasteiger partial charge is 0.465 e. The molecule has 0 atom stereocenters. The number of nitrogens with zero attached hydrogens (tertiary/aromatic N) is 2. The Morgan fingerprint density at radius 2 is 1.74 bits per heavy atom. The summed E-state index contributed by atoms with van der Waals surface area (Å²) in [6.45, 7) is -0.00194. The number of nitro groups is 1. The first-order chi connectivity index (χ1) is 16.3. The number of aliphatic hydroxyl groups excluding tert-OH is 1. The predicted molar refractivity (Wildman–Crippen MR) is 127 cm³/mol. The first-order valence-corrected chi connectivity index (χ1v) is 12.7. The van der Waals surface area contributed by atoms with Crippen molar-refractivity contribution in [3.63, 3.8) is 0 Å². The van der Waals surface area contributed by atoms with Gasteiger partial charge in [-0.3, -0.25) is 14.4 Å². The number of para-hydroxylation sites is 2. The van der Waals surface area contributed by atoms with Crippen LogP contribution in [0, 0.1) is 15.5 Å². The molecule has 0 aromatic heterocycles. The monoisotopic (exact) mass is 490 g/mol. The number of nitro benzene ring substituents is 1. The van der Waals surface area contributed by atoms with E-state index < -0.39 is 31.5 Å². The molecule has 1 aliphatic carbocycles. The van der Waals surface area contributed by atoms with E-state index in [0.29, 0.717) is 12.8 Å². The van der Waals surface area contributed by atoms with Gasteiger partial charge in [-0.15, -0.1) is 0 Å². The molecule has 10 heteroatoms. The Morgan fingerprint density at radius 3 is 2.38 bits per heavy atom. The highest BCUT2D eigenvalue weighted by molar-refractivity contribution is 7.93. The fourth-order valence-corrected chi connectivity index (χ4v) is 6.44. The van der Waals surface area contributed by atoms with Crippen molar-refractivity contribution < 1.29 is 28.0 Å². The van der Waals surface area contributed by atoms with Gasteiger partial charge in [0.05, 0.1) is 23.3 Å². The number of rotatable bonds is 10. The molecular weight excluding hydrogens is 460 g/mol. The second-order valence-electron chi connectivity index (χ2n) is 8.60. The van der Waals surface area contributed by atoms with Gasteiger partial charge in [0.2, 0.25) is 0 Å². The van der Waals surface area contributed by atoms with Crippen LogP contribution in [0.25, 0.3) is 0 Å². The van der Waals surface area contributed by atoms with E-state index in [0.717, 1.165) is 42.5 Å². The van der Waals surface area contributed by atoms with E-state index >= 15 is 0 Å². The van der Waals surface area contributed by atoms with Crippen molar-refractivity contribution in [2.75, 3.05) is 24.6 Å². The van der Waals surface area contributed by atoms with E-state index in [1.165, 1.54) is 37.4 Å². The molecule has 1 N–H and O–H groups in total. The number of anilines is 1. The molecule has 0 heterocycles. The third-order valence-corrected chi connectivity index (χ3v) is 8.47. The second kappa shape index (κ2) is 11.0. The van der Waals surface area contributed by atoms with Crippen LogP contribution in [0.5, 0.6) is 0 Å². The maximum atomic E-state index is 13.9. The van der Waals surface area contributed by atoms with Crippen molar-refractivity contribution >= 4 is 27.4 Å². The summed E-state index contributed by atoms with van der Waals surface area (Å²) >= 11 is 0. The summed E-state index contributed by atoms with van der Waals surface area (Å²) in [5.74, 6) is -0.707. The lowest BCUT2D eigenvalue weighted by Gasteiger charge is -2.39. The molecule has 1 aliphatic rings. The van der Waals surface area contributed by atoms with E-state index in [9.17, 15) is 28.4 Å². The van der Waals surface area contributed by atoms with Crippen LogP contribution in [0.2, 0.25) is 0 Å². The molecule has 2 aromatic carbocycles. The van der Waals surface area contributed by atoms with Crippen LogP contribution < -0.4 is 4.31 Å². The zero-order valence-electron chi connectivity index (χ0n) is 19.2. The number of methoxy groups -OCH3 is 1. The van der Waals surface area contributed by atoms with Crippen LogP contribution in [0.1, 0.15) is 55.3 Å². The third kappa shape index (κ3) is 5.39. The van der Waals surface area contributed by atoms with E-state index in [4.69, 9.17) is 4.74 Å². The number of carbonyl (C=O) groups excluding carboxylic acids is 1. The normalized spacial score (nSPS) is 15.5. The van der Waals surface area contributed by atoms with Gasteiger partial charge in [-0.1, -0.05) is 43.5 Å². The summed E-state index contributed by atoms with van der Waals surface area (Å²) in [4.78, 5) is 22.9. The van der Waals surface area contributed by atoms with Crippen LogP contribution in [0.15, 0.2) is 53.4 Å². The number of sulfonamides is 1. The van der Waals surface area contributed by atoms with Gasteiger partial charge in [-0.05, 0) is 49.3 Å². The Morgan fingerprint density at radius 1 is 1.09 bits per heavy atom. The summed E-state index contributed by atoms with van der Waals surface area (Å²) in [7, 11) is -3.21. The average Bonchev–Trinajstić information content (AvgIpc) is 2.84. The smallest absolute Gasteiger partial charge is 0.340 e. The molecule has 3 rings (SSSR count). The number of ether oxygens (including phenoxy) is 1. The molecule has 184 valence electrons. The van der Waals surface area contributed by atoms with Gasteiger partial charge in [-0.2, -0.15) is 0 Å². The van der Waals surface area contributed by atoms with Crippen LogP contribution in [-0.2, 0) is 14.8 Å². The molecule has 0 spiro atoms. The van der Waals surface area contributed by atoms with E-state index in [-0.39, 0.29) is 29.8 Å². The minimum Gasteiger partial charge on any atom is -0.465 e. The van der Waals surface area contributed by atoms with E-state index in [1.54, 1.807) is 12.1 Å². The second-order valence-corrected chi connectivity index (χ2v) is 10.4. The van der Waals surface area contributed by atoms with E-state index in [2.05, 4.69) is 0 Å². The zero-order chi connectivity index (χ0) is 24.8. The molecule has 0 bridgehead atoms. The molecule has 0 unspecified atom stereocenters. The highest BCUT2D eigenvalue weighted by Crippen LogP contribution is 2.43. The quantitative estimate of drug-likeness (QED) is 0.299. The molecule has 0 aliphatic heterocycles. The predicted octanol–water partition coefficient (Wildman–Crippen LogP) is 4.30. The number of esters is 1. The summed E-state index contributed by atoms with van der Waals surface area (Å²) in [6, 6.07) is 11.3. The molecule has 1 saturated carbocycles. The van der Waals surface area contributed by atoms with Gasteiger partial charge in [0.15, 0.2) is 4.90 Å². The van der Waals surface area contributed by atoms with Gasteiger partial charge in [0.1, 0.15) is 0 Å². The van der Waals surface area contributed by atoms with Gasteiger partial charge in [0.25, 0.3) is 15.7 Å². The molecule has 0 saturated heterocycles. The minimum atomic E-state index is -4.42. The molecule has 2 aromatic rings. The zero-order valence-corrected chi connectivity index (χ0v) is 20.0. The van der Waals surface area contributed by atoms with Crippen LogP contribution in [-0.4, -0.2) is 44.7 Å². The molecular formula is C24H30N2O7S. The lowest BCUT2D eigenvalue weighted by atomic mass is 9.70. The van der Waals surface area contributed by atoms with Crippen molar-refractivity contribution in [2.24, 2.45) is 5.41 Å². The lowest BCUT2D eigenvalue weighted by Crippen LogP contribution is -2.37. The van der Waals surface area contributed by atoms with Crippen molar-refractivity contribution in [3.05, 3.63) is 64.2 Å². The number of hydrogen-bond acceptors (Lipinski definition) is 7. The summed E-state index contributed by atoms with van der Waals surface area (Å²) in [5.41, 5.74) is -0.621. The Bertz CT molecular complexity index is 1120. The maximum absolute atomic E-state index is 13.9. The fourth-order valence-electron chi connectivity index (χ4n) is 4.79. The van der Waals surface area contributed by atoms with E-state index in [1.807, 2.05) is 0 Å². The Labute approximate surface area is 199 Å². The Hall–Kier alpha value is -2.98. The van der Waals surface area contributed by atoms with Gasteiger partial charge in [-0.25, -0.2) is 13.2 Å². The number of benzene rings is 2. The van der Waals surface area contributed by atoms with Crippen molar-refractivity contribution in [1.29, 1.82) is 0 Å². The third-order valence-electron chi connectivity index (χ3n) is 6.61. The van der Waals surface area contributed by atoms with Gasteiger partial charge < -0.3 is 9.84 Å². The first kappa shape index (κ1) is 25.6. The minimum absolute atomic E-state index is 0.00237. The summed E-state index contributed by atoms with van der Waals surface area (Å²) in [5, 5.41) is 21.3. The standard InChI is InChI=1S/C24H30N2O7S/c1-33-23(28)19-9-3-4-10-20(19)25(17-15-24(16-18-27)13-7-2-8-14-24)34(31,32)22-12-6-5-11-21(22)26(29)30/h3-6,9-12,27H,2,7-8,13-18H2,1H3. The first-order valence-electron chi connectivity index (χ1n) is 11.3. The van der Waals surface area contributed by atoms with Crippen molar-refractivity contribution in [2.45, 2.75) is 49.8 Å². The summed E-state index contributed by atoms with van der Waals surface area (Å²) < 4.78 is 33.7. The Balaban J connectivity index is 2.12. The number of aliphatic hydroxyl groups is 1. The highest BCUT2D eigenvalue weighted by atomic mass is 32.2. The number of hydrogen-bond donors (Lipinski definition) is 1. The van der Waals surface area contributed by atoms with Crippen LogP contribution in [0.3, 0.4) is 0 Å². The summed E-state index contributed by atoms with van der Waals surface area (Å²) in [6.07, 6.45) is 5.81. The van der Waals surface area contributed by atoms with Gasteiger partial charge in [0, 0.05) is 19.2 Å². The van der Waals surface area contributed by atoms with Gasteiger partial charge >= 0.3 is 5.97 Å². The topological polar surface area (TPSA) is 127 Å². The average molecular weight is 491 g/mol. The molecule has 9 nitrogen and oxygen atoms in total. The lowest BCUT2D eigenvalue weighted by molar-refractivity contribution is -0.387. The fraction of sp³-hybridized carbons (Fsp3) is 0.458. The number of carbonyl (C=O) groups is 1. The highest BCUT2D eigenvalue weighted by Gasteiger charge is 2.37. The Kier molecular flexibility index (Phi) is 8.27. The SMILES string of the molecule is COC(=O)c1ccccc1N(CCC1(CCO)CCCCC1)S(=O)(=O)c1ccccc1[N+](=O)[O-]. The van der Waals surface area contributed by atoms with Crippen molar-refractivity contribution in [1.82, 2.24) is 0 Å². The van der Waals surface area contributed by atoms with Crippen LogP contribution >= 0.6 is 0 Å². The van der Waals surface area contributed by atoms with Crippen LogP contribution in [0.4, 0.5) is 11.4 Å².